The molecule has 1 heterocycles. The normalized spacial score (nSPS) is 11.4. The minimum Gasteiger partial charge on any atom is -0.465 e. The fourth-order valence-corrected chi connectivity index (χ4v) is 1.29. The number of esters is 1. The van der Waals surface area contributed by atoms with E-state index in [1.54, 1.807) is 0 Å². The Morgan fingerprint density at radius 2 is 2.17 bits per heavy atom. The molecule has 0 radical (unpaired) electrons. The summed E-state index contributed by atoms with van der Waals surface area (Å²) in [6.45, 7) is -0.399. The number of halogens is 3. The zero-order chi connectivity index (χ0) is 13.9. The number of nitrogen functional groups attached to an aromatic ring is 1. The molecule has 0 unspecified atom stereocenters. The average molecular weight is 266 g/mol. The molecular weight excluding hydrogens is 253 g/mol. The smallest absolute Gasteiger partial charge is 0.390 e. The van der Waals surface area contributed by atoms with Crippen molar-refractivity contribution in [3.05, 3.63) is 5.56 Å². The van der Waals surface area contributed by atoms with E-state index < -0.39 is 25.1 Å². The summed E-state index contributed by atoms with van der Waals surface area (Å²) in [6, 6.07) is 0. The highest BCUT2D eigenvalue weighted by molar-refractivity contribution is 5.99. The second kappa shape index (κ2) is 5.15. The van der Waals surface area contributed by atoms with Gasteiger partial charge in [-0.05, 0) is 0 Å². The van der Waals surface area contributed by atoms with Crippen molar-refractivity contribution in [3.8, 4) is 0 Å². The number of hydrogen-bond acceptors (Lipinski definition) is 5. The number of carbonyl (C=O) groups excluding carboxylic acids is 1. The largest absolute Gasteiger partial charge is 0.465 e. The number of carbonyl (C=O) groups is 1. The van der Waals surface area contributed by atoms with Crippen molar-refractivity contribution >= 4 is 17.6 Å². The highest BCUT2D eigenvalue weighted by Crippen LogP contribution is 2.23. The van der Waals surface area contributed by atoms with Crippen LogP contribution in [0.25, 0.3) is 0 Å². The van der Waals surface area contributed by atoms with E-state index in [-0.39, 0.29) is 17.2 Å². The number of methoxy groups -OCH3 is 1. The van der Waals surface area contributed by atoms with Crippen molar-refractivity contribution in [3.63, 3.8) is 0 Å². The number of alkyl halides is 3. The second-order valence-electron chi connectivity index (χ2n) is 3.52. The third kappa shape index (κ3) is 3.28. The first-order chi connectivity index (χ1) is 8.26. The van der Waals surface area contributed by atoms with Gasteiger partial charge in [-0.25, -0.2) is 4.79 Å². The Labute approximate surface area is 101 Å². The van der Waals surface area contributed by atoms with Gasteiger partial charge in [-0.15, -0.1) is 0 Å². The lowest BCUT2D eigenvalue weighted by atomic mass is 10.3. The minimum absolute atomic E-state index is 0.0221. The first-order valence-electron chi connectivity index (χ1n) is 4.97. The molecule has 0 aliphatic rings. The molecule has 0 spiro atoms. The summed E-state index contributed by atoms with van der Waals surface area (Å²) in [4.78, 5) is 11.4. The van der Waals surface area contributed by atoms with Gasteiger partial charge in [0.15, 0.2) is 5.82 Å². The first kappa shape index (κ1) is 14.1. The molecule has 3 N–H and O–H groups in total. The first-order valence-corrected chi connectivity index (χ1v) is 4.97. The molecule has 0 amide bonds. The molecule has 1 rings (SSSR count). The zero-order valence-electron chi connectivity index (χ0n) is 9.84. The quantitative estimate of drug-likeness (QED) is 0.799. The standard InChI is InChI=1S/C9H13F3N4O2/c1-16-6(13)5(8(17)18-2)7(15-16)14-4-3-9(10,11)12/h3-4,13H2,1-2H3,(H,14,15). The van der Waals surface area contributed by atoms with Crippen LogP contribution in [0.2, 0.25) is 0 Å². The molecular formula is C9H13F3N4O2. The SMILES string of the molecule is COC(=O)c1c(NCCC(F)(F)F)nn(C)c1N. The lowest BCUT2D eigenvalue weighted by Gasteiger charge is -2.07. The Morgan fingerprint density at radius 1 is 1.56 bits per heavy atom. The molecule has 0 saturated heterocycles. The van der Waals surface area contributed by atoms with Gasteiger partial charge in [0, 0.05) is 13.6 Å². The maximum Gasteiger partial charge on any atom is 0.390 e. The molecule has 0 aliphatic carbocycles. The van der Waals surface area contributed by atoms with E-state index in [9.17, 15) is 18.0 Å². The number of nitrogens with two attached hydrogens (primary N) is 1. The van der Waals surface area contributed by atoms with Gasteiger partial charge in [-0.1, -0.05) is 0 Å². The molecule has 9 heteroatoms. The number of aromatic nitrogens is 2. The van der Waals surface area contributed by atoms with Crippen LogP contribution in [0.3, 0.4) is 0 Å². The minimum atomic E-state index is -4.28. The summed E-state index contributed by atoms with van der Waals surface area (Å²) in [5.74, 6) is -0.752. The summed E-state index contributed by atoms with van der Waals surface area (Å²) in [5, 5.41) is 6.23. The predicted octanol–water partition coefficient (Wildman–Crippen LogP) is 1.15. The number of rotatable bonds is 4. The van der Waals surface area contributed by atoms with Crippen molar-refractivity contribution in [2.45, 2.75) is 12.6 Å². The van der Waals surface area contributed by atoms with Crippen LogP contribution in [0, 0.1) is 0 Å². The number of aryl methyl sites for hydroxylation is 1. The Bertz CT molecular complexity index is 442. The Balaban J connectivity index is 2.83. The van der Waals surface area contributed by atoms with Crippen LogP contribution in [-0.4, -0.2) is 35.6 Å². The zero-order valence-corrected chi connectivity index (χ0v) is 9.84. The summed E-state index contributed by atoms with van der Waals surface area (Å²) in [7, 11) is 2.62. The van der Waals surface area contributed by atoms with Crippen LogP contribution in [0.4, 0.5) is 24.8 Å². The third-order valence-corrected chi connectivity index (χ3v) is 2.18. The Hall–Kier alpha value is -1.93. The number of nitrogens with zero attached hydrogens (tertiary/aromatic N) is 2. The molecule has 18 heavy (non-hydrogen) atoms. The highest BCUT2D eigenvalue weighted by atomic mass is 19.4. The summed E-state index contributed by atoms with van der Waals surface area (Å²) in [6.07, 6.45) is -5.32. The number of hydrogen-bond donors (Lipinski definition) is 2. The molecule has 0 atom stereocenters. The lowest BCUT2D eigenvalue weighted by Crippen LogP contribution is -2.16. The maximum absolute atomic E-state index is 12.0. The van der Waals surface area contributed by atoms with E-state index in [0.717, 1.165) is 7.11 Å². The van der Waals surface area contributed by atoms with Gasteiger partial charge in [0.05, 0.1) is 13.5 Å². The summed E-state index contributed by atoms with van der Waals surface area (Å²) in [5.41, 5.74) is 5.51. The highest BCUT2D eigenvalue weighted by Gasteiger charge is 2.27. The van der Waals surface area contributed by atoms with Gasteiger partial charge < -0.3 is 15.8 Å². The van der Waals surface area contributed by atoms with E-state index >= 15 is 0 Å². The van der Waals surface area contributed by atoms with E-state index in [4.69, 9.17) is 5.73 Å². The van der Waals surface area contributed by atoms with Crippen molar-refractivity contribution in [1.29, 1.82) is 0 Å². The van der Waals surface area contributed by atoms with Gasteiger partial charge in [-0.2, -0.15) is 18.3 Å². The summed E-state index contributed by atoms with van der Waals surface area (Å²) < 4.78 is 41.6. The molecule has 6 nitrogen and oxygen atoms in total. The van der Waals surface area contributed by atoms with Crippen molar-refractivity contribution in [1.82, 2.24) is 9.78 Å². The van der Waals surface area contributed by atoms with Crippen LogP contribution >= 0.6 is 0 Å². The molecule has 0 saturated carbocycles. The van der Waals surface area contributed by atoms with Gasteiger partial charge in [0.1, 0.15) is 11.4 Å². The number of anilines is 2. The van der Waals surface area contributed by atoms with Crippen LogP contribution in [-0.2, 0) is 11.8 Å². The molecule has 1 aromatic rings. The molecule has 102 valence electrons. The fraction of sp³-hybridized carbons (Fsp3) is 0.556. The Morgan fingerprint density at radius 3 is 2.67 bits per heavy atom. The van der Waals surface area contributed by atoms with Crippen LogP contribution in [0.5, 0.6) is 0 Å². The van der Waals surface area contributed by atoms with Crippen LogP contribution < -0.4 is 11.1 Å². The third-order valence-electron chi connectivity index (χ3n) is 2.18. The van der Waals surface area contributed by atoms with E-state index in [1.807, 2.05) is 0 Å². The van der Waals surface area contributed by atoms with E-state index in [1.165, 1.54) is 11.7 Å². The average Bonchev–Trinajstić information content (AvgIpc) is 2.52. The Kier molecular flexibility index (Phi) is 4.04. The van der Waals surface area contributed by atoms with Crippen LogP contribution in [0.1, 0.15) is 16.8 Å². The number of nitrogens with one attached hydrogen (secondary N) is 1. The van der Waals surface area contributed by atoms with Crippen molar-refractivity contribution in [2.24, 2.45) is 7.05 Å². The lowest BCUT2D eigenvalue weighted by molar-refractivity contribution is -0.131. The topological polar surface area (TPSA) is 82.2 Å². The summed E-state index contributed by atoms with van der Waals surface area (Å²) >= 11 is 0. The van der Waals surface area contributed by atoms with Crippen molar-refractivity contribution in [2.75, 3.05) is 24.7 Å². The fourth-order valence-electron chi connectivity index (χ4n) is 1.29. The van der Waals surface area contributed by atoms with Gasteiger partial charge >= 0.3 is 12.1 Å². The van der Waals surface area contributed by atoms with Gasteiger partial charge in [0.2, 0.25) is 0 Å². The monoisotopic (exact) mass is 266 g/mol. The van der Waals surface area contributed by atoms with Crippen molar-refractivity contribution < 1.29 is 22.7 Å². The molecule has 0 fully saturated rings. The predicted molar refractivity (Wildman–Crippen MR) is 58.1 cm³/mol. The second-order valence-corrected chi connectivity index (χ2v) is 3.52. The molecule has 1 aromatic heterocycles. The van der Waals surface area contributed by atoms with E-state index in [2.05, 4.69) is 15.2 Å². The van der Waals surface area contributed by atoms with E-state index in [0.29, 0.717) is 0 Å². The molecule has 0 aliphatic heterocycles. The molecule has 0 bridgehead atoms. The van der Waals surface area contributed by atoms with Crippen LogP contribution in [0.15, 0.2) is 0 Å². The molecule has 0 aromatic carbocycles. The number of ether oxygens (including phenoxy) is 1. The maximum atomic E-state index is 12.0. The van der Waals surface area contributed by atoms with Gasteiger partial charge in [-0.3, -0.25) is 4.68 Å². The van der Waals surface area contributed by atoms with Gasteiger partial charge in [0.25, 0.3) is 0 Å².